The molecule has 5 rings (SSSR count). The summed E-state index contributed by atoms with van der Waals surface area (Å²) in [6.45, 7) is 1.98. The van der Waals surface area contributed by atoms with Crippen LogP contribution in [0.15, 0.2) is 54.9 Å². The predicted molar refractivity (Wildman–Crippen MR) is 95.8 cm³/mol. The van der Waals surface area contributed by atoms with Crippen LogP contribution in [0.3, 0.4) is 0 Å². The Morgan fingerprint density at radius 1 is 0.920 bits per heavy atom. The minimum absolute atomic E-state index is 0.554. The molecule has 0 radical (unpaired) electrons. The van der Waals surface area contributed by atoms with Gasteiger partial charge in [-0.25, -0.2) is 0 Å². The minimum atomic E-state index is 0.554. The highest BCUT2D eigenvalue weighted by atomic mass is 15.3. The van der Waals surface area contributed by atoms with Crippen LogP contribution in [0.5, 0.6) is 0 Å². The second-order valence-corrected chi connectivity index (χ2v) is 7.03. The van der Waals surface area contributed by atoms with Gasteiger partial charge in [-0.1, -0.05) is 30.3 Å². The lowest BCUT2D eigenvalue weighted by atomic mass is 10.1. The third kappa shape index (κ3) is 2.65. The number of hydrogen-bond donors (Lipinski definition) is 0. The average molecular weight is 331 g/mol. The van der Waals surface area contributed by atoms with Gasteiger partial charge < -0.3 is 4.57 Å². The molecule has 4 heterocycles. The molecule has 0 amide bonds. The Hall–Kier alpha value is -2.53. The lowest BCUT2D eigenvalue weighted by Gasteiger charge is -2.27. The van der Waals surface area contributed by atoms with Gasteiger partial charge in [0, 0.05) is 49.6 Å². The van der Waals surface area contributed by atoms with E-state index < -0.39 is 0 Å². The molecule has 3 aromatic rings. The molecule has 5 heteroatoms. The first-order chi connectivity index (χ1) is 12.4. The molecule has 0 saturated carbocycles. The molecule has 2 unspecified atom stereocenters. The number of rotatable bonds is 3. The Labute approximate surface area is 147 Å². The fourth-order valence-corrected chi connectivity index (χ4v) is 4.29. The molecule has 0 N–H and O–H groups in total. The zero-order valence-electron chi connectivity index (χ0n) is 14.1. The summed E-state index contributed by atoms with van der Waals surface area (Å²) in [4.78, 5) is 6.80. The van der Waals surface area contributed by atoms with Gasteiger partial charge in [-0.3, -0.25) is 9.88 Å². The first-order valence-electron chi connectivity index (χ1n) is 9.00. The maximum absolute atomic E-state index is 4.53. The van der Waals surface area contributed by atoms with Crippen molar-refractivity contribution >= 4 is 0 Å². The third-order valence-electron chi connectivity index (χ3n) is 5.56. The van der Waals surface area contributed by atoms with Crippen LogP contribution in [0, 0.1) is 0 Å². The summed E-state index contributed by atoms with van der Waals surface area (Å²) >= 11 is 0. The zero-order chi connectivity index (χ0) is 16.6. The van der Waals surface area contributed by atoms with Crippen molar-refractivity contribution in [3.63, 3.8) is 0 Å². The molecular weight excluding hydrogens is 310 g/mol. The van der Waals surface area contributed by atoms with Crippen LogP contribution >= 0.6 is 0 Å². The van der Waals surface area contributed by atoms with E-state index in [0.29, 0.717) is 12.1 Å². The van der Waals surface area contributed by atoms with Crippen molar-refractivity contribution in [2.75, 3.05) is 0 Å². The van der Waals surface area contributed by atoms with Crippen molar-refractivity contribution in [1.29, 1.82) is 0 Å². The van der Waals surface area contributed by atoms with Crippen LogP contribution in [0.4, 0.5) is 0 Å². The SMILES string of the molecule is c1ccc(-c2nnc3n2CC2CCC(C3)N2Cc2ccncc2)cc1. The summed E-state index contributed by atoms with van der Waals surface area (Å²) in [5.74, 6) is 2.14. The van der Waals surface area contributed by atoms with Crippen molar-refractivity contribution in [1.82, 2.24) is 24.6 Å². The van der Waals surface area contributed by atoms with Crippen LogP contribution in [-0.4, -0.2) is 36.7 Å². The van der Waals surface area contributed by atoms with Gasteiger partial charge in [-0.2, -0.15) is 0 Å². The zero-order valence-corrected chi connectivity index (χ0v) is 14.1. The van der Waals surface area contributed by atoms with Gasteiger partial charge in [0.25, 0.3) is 0 Å². The number of hydrogen-bond acceptors (Lipinski definition) is 4. The first-order valence-corrected chi connectivity index (χ1v) is 9.00. The van der Waals surface area contributed by atoms with Crippen molar-refractivity contribution in [2.24, 2.45) is 0 Å². The summed E-state index contributed by atoms with van der Waals surface area (Å²) in [6, 6.07) is 15.8. The molecule has 0 aliphatic carbocycles. The van der Waals surface area contributed by atoms with Crippen molar-refractivity contribution < 1.29 is 0 Å². The Kier molecular flexibility index (Phi) is 3.59. The van der Waals surface area contributed by atoms with E-state index in [1.165, 1.54) is 18.4 Å². The second kappa shape index (κ2) is 6.08. The second-order valence-electron chi connectivity index (χ2n) is 7.03. The maximum atomic E-state index is 4.53. The average Bonchev–Trinajstić information content (AvgIpc) is 3.17. The smallest absolute Gasteiger partial charge is 0.164 e. The van der Waals surface area contributed by atoms with E-state index in [4.69, 9.17) is 0 Å². The van der Waals surface area contributed by atoms with E-state index in [2.05, 4.69) is 61.0 Å². The molecule has 2 aliphatic rings. The van der Waals surface area contributed by atoms with Crippen LogP contribution in [0.25, 0.3) is 11.4 Å². The minimum Gasteiger partial charge on any atom is -0.309 e. The third-order valence-corrected chi connectivity index (χ3v) is 5.56. The lowest BCUT2D eigenvalue weighted by molar-refractivity contribution is 0.180. The number of aromatic nitrogens is 4. The summed E-state index contributed by atoms with van der Waals surface area (Å²) < 4.78 is 2.35. The summed E-state index contributed by atoms with van der Waals surface area (Å²) in [5.41, 5.74) is 2.49. The fourth-order valence-electron chi connectivity index (χ4n) is 4.29. The standard InChI is InChI=1S/C20H21N5/c1-2-4-16(5-3-1)20-23-22-19-12-17-6-7-18(14-25(19)20)24(17)13-15-8-10-21-11-9-15/h1-5,8-11,17-18H,6-7,12-14H2. The molecule has 2 aromatic heterocycles. The van der Waals surface area contributed by atoms with E-state index in [1.807, 2.05) is 18.5 Å². The van der Waals surface area contributed by atoms with Crippen LogP contribution < -0.4 is 0 Å². The monoisotopic (exact) mass is 331 g/mol. The van der Waals surface area contributed by atoms with Gasteiger partial charge in [0.05, 0.1) is 0 Å². The first kappa shape index (κ1) is 14.8. The van der Waals surface area contributed by atoms with Crippen LogP contribution in [0.2, 0.25) is 0 Å². The summed E-state index contributed by atoms with van der Waals surface area (Å²) in [5, 5.41) is 9.03. The molecule has 2 bridgehead atoms. The van der Waals surface area contributed by atoms with Crippen molar-refractivity contribution in [2.45, 2.75) is 44.4 Å². The van der Waals surface area contributed by atoms with Gasteiger partial charge in [-0.05, 0) is 30.5 Å². The van der Waals surface area contributed by atoms with E-state index in [9.17, 15) is 0 Å². The Balaban J connectivity index is 1.46. The van der Waals surface area contributed by atoms with E-state index in [1.54, 1.807) is 0 Å². The maximum Gasteiger partial charge on any atom is 0.164 e. The van der Waals surface area contributed by atoms with Crippen molar-refractivity contribution in [3.05, 3.63) is 66.2 Å². The number of fused-ring (bicyclic) bond motifs is 3. The van der Waals surface area contributed by atoms with Gasteiger partial charge >= 0.3 is 0 Å². The highest BCUT2D eigenvalue weighted by Crippen LogP contribution is 2.34. The summed E-state index contributed by atoms with van der Waals surface area (Å²) in [6.07, 6.45) is 7.27. The fraction of sp³-hybridized carbons (Fsp3) is 0.350. The molecule has 1 aromatic carbocycles. The highest BCUT2D eigenvalue weighted by Gasteiger charge is 2.38. The Morgan fingerprint density at radius 3 is 2.56 bits per heavy atom. The van der Waals surface area contributed by atoms with E-state index >= 15 is 0 Å². The molecule has 126 valence electrons. The van der Waals surface area contributed by atoms with E-state index in [0.717, 1.165) is 36.7 Å². The topological polar surface area (TPSA) is 46.8 Å². The number of pyridine rings is 1. The molecule has 25 heavy (non-hydrogen) atoms. The normalized spacial score (nSPS) is 22.6. The largest absolute Gasteiger partial charge is 0.309 e. The van der Waals surface area contributed by atoms with Crippen LogP contribution in [0.1, 0.15) is 24.2 Å². The van der Waals surface area contributed by atoms with Gasteiger partial charge in [-0.15, -0.1) is 10.2 Å². The van der Waals surface area contributed by atoms with Gasteiger partial charge in [0.15, 0.2) is 5.82 Å². The Morgan fingerprint density at radius 2 is 1.72 bits per heavy atom. The highest BCUT2D eigenvalue weighted by molar-refractivity contribution is 5.55. The van der Waals surface area contributed by atoms with Gasteiger partial charge in [0.2, 0.25) is 0 Å². The number of nitrogens with zero attached hydrogens (tertiary/aromatic N) is 5. The van der Waals surface area contributed by atoms with Gasteiger partial charge in [0.1, 0.15) is 5.82 Å². The summed E-state index contributed by atoms with van der Waals surface area (Å²) in [7, 11) is 0. The predicted octanol–water partition coefficient (Wildman–Crippen LogP) is 2.93. The molecule has 1 saturated heterocycles. The number of benzene rings is 1. The molecule has 2 atom stereocenters. The molecule has 0 spiro atoms. The molecule has 5 nitrogen and oxygen atoms in total. The lowest BCUT2D eigenvalue weighted by Crippen LogP contribution is -2.36. The van der Waals surface area contributed by atoms with E-state index in [-0.39, 0.29) is 0 Å². The Bertz CT molecular complexity index is 858. The van der Waals surface area contributed by atoms with Crippen LogP contribution in [-0.2, 0) is 19.5 Å². The molecule has 1 fully saturated rings. The quantitative estimate of drug-likeness (QED) is 0.740. The molecular formula is C20H21N5. The van der Waals surface area contributed by atoms with Crippen molar-refractivity contribution in [3.8, 4) is 11.4 Å². The molecule has 2 aliphatic heterocycles.